The number of aromatic nitrogens is 1. The molecule has 7 heteroatoms. The summed E-state index contributed by atoms with van der Waals surface area (Å²) in [4.78, 5) is 14.3. The van der Waals surface area contributed by atoms with Gasteiger partial charge in [0.15, 0.2) is 6.20 Å². The minimum Gasteiger partial charge on any atom is -0.357 e. The minimum atomic E-state index is -0.489. The first-order valence-electron chi connectivity index (χ1n) is 3.74. The lowest BCUT2D eigenvalue weighted by atomic mass is 10.5. The van der Waals surface area contributed by atoms with Crippen molar-refractivity contribution >= 4 is 16.5 Å². The summed E-state index contributed by atoms with van der Waals surface area (Å²) in [7, 11) is 0. The normalized spacial score (nSPS) is 10.2. The van der Waals surface area contributed by atoms with Gasteiger partial charge in [0, 0.05) is 19.6 Å². The quantitative estimate of drug-likeness (QED) is 0.401. The van der Waals surface area contributed by atoms with E-state index in [-0.39, 0.29) is 5.13 Å². The zero-order chi connectivity index (χ0) is 9.68. The number of nitrogens with two attached hydrogens (primary N) is 1. The molecule has 1 rings (SSSR count). The first kappa shape index (κ1) is 10.0. The molecule has 0 amide bonds. The van der Waals surface area contributed by atoms with Crippen LogP contribution in [0.5, 0.6) is 0 Å². The fraction of sp³-hybridized carbons (Fsp3) is 0.500. The fourth-order valence-corrected chi connectivity index (χ4v) is 1.47. The van der Waals surface area contributed by atoms with E-state index in [0.717, 1.165) is 16.2 Å². The van der Waals surface area contributed by atoms with Crippen LogP contribution in [0, 0.1) is 10.1 Å². The van der Waals surface area contributed by atoms with Crippen molar-refractivity contribution in [1.82, 2.24) is 10.3 Å². The highest BCUT2D eigenvalue weighted by Crippen LogP contribution is 2.19. The molecule has 1 heterocycles. The molecule has 3 N–H and O–H groups in total. The topological polar surface area (TPSA) is 94.1 Å². The van der Waals surface area contributed by atoms with Gasteiger partial charge in [0.05, 0.1) is 4.88 Å². The van der Waals surface area contributed by atoms with Crippen molar-refractivity contribution in [3.8, 4) is 0 Å². The van der Waals surface area contributed by atoms with Crippen LogP contribution >= 0.6 is 11.3 Å². The standard InChI is InChI=1S/C6H10N4O2S/c7-1-2-8-3-5-4-9-6(13-5)10(11)12/h4,8H,1-3,7H2. The second kappa shape index (κ2) is 4.85. The van der Waals surface area contributed by atoms with Gasteiger partial charge in [-0.1, -0.05) is 0 Å². The summed E-state index contributed by atoms with van der Waals surface area (Å²) < 4.78 is 0. The van der Waals surface area contributed by atoms with Crippen LogP contribution in [0.15, 0.2) is 6.20 Å². The van der Waals surface area contributed by atoms with Crippen molar-refractivity contribution in [2.24, 2.45) is 5.73 Å². The summed E-state index contributed by atoms with van der Waals surface area (Å²) in [5.41, 5.74) is 5.26. The maximum atomic E-state index is 10.3. The molecule has 0 aliphatic carbocycles. The molecular formula is C6H10N4O2S. The summed E-state index contributed by atoms with van der Waals surface area (Å²) >= 11 is 1.08. The Morgan fingerprint density at radius 2 is 2.54 bits per heavy atom. The van der Waals surface area contributed by atoms with Gasteiger partial charge < -0.3 is 21.2 Å². The zero-order valence-corrected chi connectivity index (χ0v) is 7.71. The van der Waals surface area contributed by atoms with E-state index in [4.69, 9.17) is 5.73 Å². The first-order valence-corrected chi connectivity index (χ1v) is 4.55. The second-order valence-electron chi connectivity index (χ2n) is 2.33. The van der Waals surface area contributed by atoms with Crippen molar-refractivity contribution < 1.29 is 4.92 Å². The average molecular weight is 202 g/mol. The predicted octanol–water partition coefficient (Wildman–Crippen LogP) is 0.0996. The predicted molar refractivity (Wildman–Crippen MR) is 49.5 cm³/mol. The Bertz CT molecular complexity index is 288. The van der Waals surface area contributed by atoms with Crippen molar-refractivity contribution in [3.63, 3.8) is 0 Å². The number of nitrogens with zero attached hydrogens (tertiary/aromatic N) is 2. The fourth-order valence-electron chi connectivity index (χ4n) is 0.777. The largest absolute Gasteiger partial charge is 0.423 e. The van der Waals surface area contributed by atoms with Crippen LogP contribution in [0.3, 0.4) is 0 Å². The summed E-state index contributed by atoms with van der Waals surface area (Å²) in [6.07, 6.45) is 1.51. The lowest BCUT2D eigenvalue weighted by Gasteiger charge is -1.96. The molecule has 0 fully saturated rings. The molecule has 0 saturated heterocycles. The van der Waals surface area contributed by atoms with Gasteiger partial charge in [0.1, 0.15) is 0 Å². The Balaban J connectivity index is 2.44. The van der Waals surface area contributed by atoms with Gasteiger partial charge in [-0.2, -0.15) is 0 Å². The Morgan fingerprint density at radius 1 is 1.77 bits per heavy atom. The van der Waals surface area contributed by atoms with Crippen LogP contribution in [-0.4, -0.2) is 23.0 Å². The molecule has 0 spiro atoms. The molecule has 13 heavy (non-hydrogen) atoms. The molecule has 0 aliphatic rings. The zero-order valence-electron chi connectivity index (χ0n) is 6.90. The number of hydrogen-bond donors (Lipinski definition) is 2. The average Bonchev–Trinajstić information content (AvgIpc) is 2.53. The van der Waals surface area contributed by atoms with Gasteiger partial charge in [-0.3, -0.25) is 0 Å². The molecule has 6 nitrogen and oxygen atoms in total. The van der Waals surface area contributed by atoms with Gasteiger partial charge in [0.25, 0.3) is 0 Å². The summed E-state index contributed by atoms with van der Waals surface area (Å²) in [5.74, 6) is 0. The summed E-state index contributed by atoms with van der Waals surface area (Å²) in [6, 6.07) is 0. The number of hydrogen-bond acceptors (Lipinski definition) is 6. The van der Waals surface area contributed by atoms with E-state index >= 15 is 0 Å². The Morgan fingerprint density at radius 3 is 3.08 bits per heavy atom. The van der Waals surface area contributed by atoms with Crippen molar-refractivity contribution in [1.29, 1.82) is 0 Å². The maximum absolute atomic E-state index is 10.3. The smallest absolute Gasteiger partial charge is 0.357 e. The van der Waals surface area contributed by atoms with E-state index in [9.17, 15) is 10.1 Å². The van der Waals surface area contributed by atoms with Crippen molar-refractivity contribution in [2.75, 3.05) is 13.1 Å². The maximum Gasteiger partial charge on any atom is 0.423 e. The third-order valence-corrected chi connectivity index (χ3v) is 2.27. The molecule has 0 atom stereocenters. The Labute approximate surface area is 78.9 Å². The van der Waals surface area contributed by atoms with Crippen LogP contribution < -0.4 is 11.1 Å². The second-order valence-corrected chi connectivity index (χ2v) is 3.43. The van der Waals surface area contributed by atoms with Gasteiger partial charge >= 0.3 is 5.13 Å². The van der Waals surface area contributed by atoms with E-state index in [1.54, 1.807) is 0 Å². The monoisotopic (exact) mass is 202 g/mol. The van der Waals surface area contributed by atoms with Gasteiger partial charge in [0.2, 0.25) is 0 Å². The number of nitro groups is 1. The number of thiazole rings is 1. The van der Waals surface area contributed by atoms with Crippen molar-refractivity contribution in [3.05, 3.63) is 21.2 Å². The molecule has 0 bridgehead atoms. The Kier molecular flexibility index (Phi) is 3.74. The molecule has 72 valence electrons. The van der Waals surface area contributed by atoms with Crippen LogP contribution in [-0.2, 0) is 6.54 Å². The van der Waals surface area contributed by atoms with Gasteiger partial charge in [-0.05, 0) is 21.2 Å². The Hall–Kier alpha value is -1.05. The first-order chi connectivity index (χ1) is 6.24. The molecule has 0 unspecified atom stereocenters. The molecule has 0 aliphatic heterocycles. The summed E-state index contributed by atoms with van der Waals surface area (Å²) in [5, 5.41) is 13.2. The lowest BCUT2D eigenvalue weighted by molar-refractivity contribution is -0.384. The van der Waals surface area contributed by atoms with Gasteiger partial charge in [-0.15, -0.1) is 0 Å². The van der Waals surface area contributed by atoms with Crippen LogP contribution in [0.1, 0.15) is 4.88 Å². The van der Waals surface area contributed by atoms with Crippen LogP contribution in [0.2, 0.25) is 0 Å². The van der Waals surface area contributed by atoms with E-state index < -0.39 is 4.92 Å². The van der Waals surface area contributed by atoms with E-state index in [0.29, 0.717) is 19.6 Å². The van der Waals surface area contributed by atoms with E-state index in [1.165, 1.54) is 6.20 Å². The van der Waals surface area contributed by atoms with Gasteiger partial charge in [-0.25, -0.2) is 0 Å². The number of rotatable bonds is 5. The molecular weight excluding hydrogens is 192 g/mol. The SMILES string of the molecule is NCCNCc1cnc([N+](=O)[O-])s1. The molecule has 0 aromatic carbocycles. The lowest BCUT2D eigenvalue weighted by Crippen LogP contribution is -2.21. The number of nitrogens with one attached hydrogen (secondary N) is 1. The molecule has 0 radical (unpaired) electrons. The highest BCUT2D eigenvalue weighted by Gasteiger charge is 2.11. The van der Waals surface area contributed by atoms with E-state index in [1.807, 2.05) is 0 Å². The highest BCUT2D eigenvalue weighted by atomic mass is 32.1. The van der Waals surface area contributed by atoms with Crippen LogP contribution in [0.4, 0.5) is 5.13 Å². The van der Waals surface area contributed by atoms with Crippen molar-refractivity contribution in [2.45, 2.75) is 6.54 Å². The third kappa shape index (κ3) is 3.05. The third-order valence-electron chi connectivity index (χ3n) is 1.32. The molecule has 1 aromatic rings. The van der Waals surface area contributed by atoms with Crippen LogP contribution in [0.25, 0.3) is 0 Å². The summed E-state index contributed by atoms with van der Waals surface area (Å²) in [6.45, 7) is 1.84. The highest BCUT2D eigenvalue weighted by molar-refractivity contribution is 7.14. The molecule has 1 aromatic heterocycles. The van der Waals surface area contributed by atoms with E-state index in [2.05, 4.69) is 10.3 Å². The minimum absolute atomic E-state index is 0.0652. The molecule has 0 saturated carbocycles.